The molecule has 0 unspecified atom stereocenters. The summed E-state index contributed by atoms with van der Waals surface area (Å²) in [7, 11) is -4.50. The van der Waals surface area contributed by atoms with Crippen molar-refractivity contribution in [3.05, 3.63) is 34.1 Å². The molecule has 0 atom stereocenters. The highest BCUT2D eigenvalue weighted by molar-refractivity contribution is 7.93. The molecule has 0 aromatic carbocycles. The molecule has 0 bridgehead atoms. The third-order valence-electron chi connectivity index (χ3n) is 2.11. The second-order valence-corrected chi connectivity index (χ2v) is 6.25. The number of carboxylic acid groups (broad SMARTS) is 1. The summed E-state index contributed by atoms with van der Waals surface area (Å²) >= 11 is 6.47. The van der Waals surface area contributed by atoms with Crippen LogP contribution in [0.5, 0.6) is 0 Å². The molecule has 0 aliphatic carbocycles. The van der Waals surface area contributed by atoms with Crippen LogP contribution in [0.2, 0.25) is 5.02 Å². The molecule has 1 N–H and O–H groups in total. The fraction of sp³-hybridized carbons (Fsp3) is 0. The van der Waals surface area contributed by atoms with Gasteiger partial charge in [-0.3, -0.25) is 0 Å². The number of aromatic nitrogens is 2. The van der Waals surface area contributed by atoms with E-state index in [2.05, 4.69) is 9.97 Å². The van der Waals surface area contributed by atoms with Gasteiger partial charge in [-0.05, 0) is 6.07 Å². The third-order valence-corrected chi connectivity index (χ3v) is 4.59. The highest BCUT2D eigenvalue weighted by atomic mass is 35.5. The van der Waals surface area contributed by atoms with Crippen molar-refractivity contribution in [2.45, 2.75) is 4.90 Å². The van der Waals surface area contributed by atoms with Crippen LogP contribution in [-0.2, 0) is 10.0 Å². The summed E-state index contributed by atoms with van der Waals surface area (Å²) in [4.78, 5) is 17.4. The first-order valence-corrected chi connectivity index (χ1v) is 7.57. The van der Waals surface area contributed by atoms with Crippen LogP contribution in [0, 0.1) is 5.95 Å². The van der Waals surface area contributed by atoms with Crippen molar-refractivity contribution in [3.63, 3.8) is 0 Å². The minimum atomic E-state index is -4.50. The predicted octanol–water partition coefficient (Wildman–Crippen LogP) is 2.20. The maximum Gasteiger partial charge on any atom is 0.427 e. The van der Waals surface area contributed by atoms with Crippen LogP contribution in [0.25, 0.3) is 0 Å². The summed E-state index contributed by atoms with van der Waals surface area (Å²) < 4.78 is 37.5. The van der Waals surface area contributed by atoms with Crippen molar-refractivity contribution in [1.29, 1.82) is 0 Å². The molecule has 0 saturated carbocycles. The minimum Gasteiger partial charge on any atom is -0.464 e. The summed E-state index contributed by atoms with van der Waals surface area (Å²) in [5, 5.41) is 9.76. The van der Waals surface area contributed by atoms with Gasteiger partial charge in [0.05, 0.1) is 16.7 Å². The van der Waals surface area contributed by atoms with Gasteiger partial charge in [0.15, 0.2) is 5.82 Å². The summed E-state index contributed by atoms with van der Waals surface area (Å²) in [6.45, 7) is 0. The summed E-state index contributed by atoms with van der Waals surface area (Å²) in [5.41, 5.74) is 1.27. The van der Waals surface area contributed by atoms with Crippen LogP contribution in [0.4, 0.5) is 15.0 Å². The van der Waals surface area contributed by atoms with Gasteiger partial charge in [-0.2, -0.15) is 4.39 Å². The lowest BCUT2D eigenvalue weighted by Gasteiger charge is -2.16. The van der Waals surface area contributed by atoms with Crippen molar-refractivity contribution in [2.24, 2.45) is 0 Å². The van der Waals surface area contributed by atoms with Crippen molar-refractivity contribution in [3.8, 4) is 0 Å². The number of carbonyl (C=O) groups is 1. The van der Waals surface area contributed by atoms with E-state index in [4.69, 9.17) is 16.7 Å². The number of rotatable bonds is 3. The van der Waals surface area contributed by atoms with Gasteiger partial charge in [0.25, 0.3) is 10.0 Å². The van der Waals surface area contributed by atoms with E-state index in [-0.39, 0.29) is 10.1 Å². The van der Waals surface area contributed by atoms with Crippen LogP contribution in [0.1, 0.15) is 0 Å². The first kappa shape index (κ1) is 14.6. The molecule has 2 aromatic rings. The number of halogens is 2. The van der Waals surface area contributed by atoms with Crippen LogP contribution in [0.15, 0.2) is 28.0 Å². The van der Waals surface area contributed by atoms with Crippen molar-refractivity contribution in [1.82, 2.24) is 9.97 Å². The smallest absolute Gasteiger partial charge is 0.427 e. The highest BCUT2D eigenvalue weighted by Crippen LogP contribution is 2.25. The monoisotopic (exact) mass is 337 g/mol. The number of hydrogen-bond donors (Lipinski definition) is 1. The lowest BCUT2D eigenvalue weighted by atomic mass is 10.5. The van der Waals surface area contributed by atoms with E-state index in [1.165, 1.54) is 10.9 Å². The average Bonchev–Trinajstić information content (AvgIpc) is 2.85. The zero-order valence-corrected chi connectivity index (χ0v) is 11.8. The summed E-state index contributed by atoms with van der Waals surface area (Å²) in [6, 6.07) is 0.779. The van der Waals surface area contributed by atoms with E-state index >= 15 is 0 Å². The topological polar surface area (TPSA) is 100 Å². The molecule has 11 heteroatoms. The van der Waals surface area contributed by atoms with E-state index in [0.717, 1.165) is 17.4 Å². The van der Waals surface area contributed by atoms with Crippen molar-refractivity contribution < 1.29 is 22.7 Å². The van der Waals surface area contributed by atoms with Crippen LogP contribution in [-0.4, -0.2) is 29.6 Å². The van der Waals surface area contributed by atoms with Crippen LogP contribution >= 0.6 is 22.9 Å². The SMILES string of the molecule is O=C(O)N(c1cscn1)S(=O)(=O)c1cnc(F)c(Cl)c1. The first-order chi connectivity index (χ1) is 9.34. The number of hydrogen-bond acceptors (Lipinski definition) is 6. The third kappa shape index (κ3) is 2.57. The largest absolute Gasteiger partial charge is 0.464 e. The lowest BCUT2D eigenvalue weighted by molar-refractivity contribution is 0.206. The van der Waals surface area contributed by atoms with E-state index in [0.29, 0.717) is 6.20 Å². The van der Waals surface area contributed by atoms with Crippen molar-refractivity contribution >= 4 is 44.9 Å². The molecule has 1 amide bonds. The Bertz CT molecular complexity index is 751. The Morgan fingerprint density at radius 2 is 2.15 bits per heavy atom. The van der Waals surface area contributed by atoms with Crippen LogP contribution in [0.3, 0.4) is 0 Å². The fourth-order valence-electron chi connectivity index (χ4n) is 1.28. The molecule has 2 aromatic heterocycles. The zero-order chi connectivity index (χ0) is 14.9. The number of thiazole rings is 1. The molecular formula is C9H5ClFN3O4S2. The number of pyridine rings is 1. The average molecular weight is 338 g/mol. The second-order valence-electron chi connectivity index (χ2n) is 3.34. The second kappa shape index (κ2) is 5.31. The van der Waals surface area contributed by atoms with Gasteiger partial charge in [-0.25, -0.2) is 23.2 Å². The van der Waals surface area contributed by atoms with E-state index in [9.17, 15) is 17.6 Å². The fourth-order valence-corrected chi connectivity index (χ4v) is 3.31. The molecule has 0 radical (unpaired) electrons. The molecule has 0 aliphatic heterocycles. The van der Waals surface area contributed by atoms with E-state index in [1.54, 1.807) is 0 Å². The first-order valence-electron chi connectivity index (χ1n) is 4.81. The Morgan fingerprint density at radius 1 is 1.45 bits per heavy atom. The number of sulfonamides is 1. The molecule has 106 valence electrons. The summed E-state index contributed by atoms with van der Waals surface area (Å²) in [6.07, 6.45) is -1.07. The Hall–Kier alpha value is -1.78. The van der Waals surface area contributed by atoms with Gasteiger partial charge in [0, 0.05) is 5.38 Å². The lowest BCUT2D eigenvalue weighted by Crippen LogP contribution is -2.36. The van der Waals surface area contributed by atoms with E-state index < -0.39 is 32.0 Å². The molecule has 0 aliphatic rings. The van der Waals surface area contributed by atoms with E-state index in [1.807, 2.05) is 0 Å². The molecule has 20 heavy (non-hydrogen) atoms. The normalized spacial score (nSPS) is 11.3. The molecule has 0 spiro atoms. The van der Waals surface area contributed by atoms with Gasteiger partial charge < -0.3 is 5.11 Å². The standard InChI is InChI=1S/C9H5ClFN3O4S2/c10-6-1-5(2-12-8(6)11)20(17,18)14(9(15)16)7-3-19-4-13-7/h1-4H,(H,15,16). The Balaban J connectivity index is 2.57. The quantitative estimate of drug-likeness (QED) is 0.862. The number of anilines is 1. The van der Waals surface area contributed by atoms with Gasteiger partial charge in [0.1, 0.15) is 4.90 Å². The minimum absolute atomic E-state index is 0.0642. The molecule has 2 rings (SSSR count). The van der Waals surface area contributed by atoms with Gasteiger partial charge >= 0.3 is 6.09 Å². The summed E-state index contributed by atoms with van der Waals surface area (Å²) in [5.74, 6) is -1.34. The molecule has 0 fully saturated rings. The number of amides is 1. The van der Waals surface area contributed by atoms with Gasteiger partial charge in [-0.1, -0.05) is 11.6 Å². The Labute approximate surface area is 121 Å². The number of nitrogens with zero attached hydrogens (tertiary/aromatic N) is 3. The molecule has 0 saturated heterocycles. The molecular weight excluding hydrogens is 333 g/mol. The molecule has 2 heterocycles. The predicted molar refractivity (Wildman–Crippen MR) is 69.0 cm³/mol. The zero-order valence-electron chi connectivity index (χ0n) is 9.40. The maximum atomic E-state index is 12.9. The van der Waals surface area contributed by atoms with Gasteiger partial charge in [0.2, 0.25) is 5.95 Å². The highest BCUT2D eigenvalue weighted by Gasteiger charge is 2.33. The van der Waals surface area contributed by atoms with Crippen LogP contribution < -0.4 is 4.31 Å². The van der Waals surface area contributed by atoms with Gasteiger partial charge in [-0.15, -0.1) is 15.6 Å². The molecule has 7 nitrogen and oxygen atoms in total. The Morgan fingerprint density at radius 3 is 2.65 bits per heavy atom. The Kier molecular flexibility index (Phi) is 3.88. The maximum absolute atomic E-state index is 12.9. The van der Waals surface area contributed by atoms with Crippen molar-refractivity contribution in [2.75, 3.05) is 4.31 Å².